The number of carbonyl (C=O) groups excluding carboxylic acids is 1. The maximum atomic E-state index is 12.5. The van der Waals surface area contributed by atoms with Gasteiger partial charge in [0.05, 0.1) is 6.67 Å². The van der Waals surface area contributed by atoms with Crippen LogP contribution in [0.4, 0.5) is 0 Å². The maximum Gasteiger partial charge on any atom is 0.246 e. The summed E-state index contributed by atoms with van der Waals surface area (Å²) in [5, 5.41) is 6.32. The molecule has 2 aliphatic heterocycles. The fourth-order valence-electron chi connectivity index (χ4n) is 3.57. The van der Waals surface area contributed by atoms with Gasteiger partial charge in [0.25, 0.3) is 0 Å². The van der Waals surface area contributed by atoms with E-state index in [1.165, 1.54) is 0 Å². The third-order valence-corrected chi connectivity index (χ3v) is 4.42. The Kier molecular flexibility index (Phi) is 2.23. The van der Waals surface area contributed by atoms with E-state index in [0.29, 0.717) is 6.67 Å². The Morgan fingerprint density at radius 2 is 2.21 bits per heavy atom. The lowest BCUT2D eigenvalue weighted by molar-refractivity contribution is -0.127. The summed E-state index contributed by atoms with van der Waals surface area (Å²) < 4.78 is 6.01. The second kappa shape index (κ2) is 3.84. The van der Waals surface area contributed by atoms with Crippen molar-refractivity contribution in [1.29, 1.82) is 0 Å². The zero-order valence-corrected chi connectivity index (χ0v) is 10.6. The molecule has 2 N–H and O–H groups in total. The summed E-state index contributed by atoms with van der Waals surface area (Å²) in [6.45, 7) is 0.525. The summed E-state index contributed by atoms with van der Waals surface area (Å²) in [6, 6.07) is 7.85. The fourth-order valence-corrected chi connectivity index (χ4v) is 3.57. The lowest BCUT2D eigenvalue weighted by atomic mass is 9.71. The average Bonchev–Trinajstić information content (AvgIpc) is 2.82. The number of carbonyl (C=O) groups is 1. The molecule has 0 saturated carbocycles. The average molecular weight is 256 g/mol. The summed E-state index contributed by atoms with van der Waals surface area (Å²) >= 11 is 0. The zero-order valence-electron chi connectivity index (χ0n) is 10.6. The number of allylic oxidation sites excluding steroid dienone is 1. The Balaban J connectivity index is 1.97. The molecule has 1 spiro atoms. The molecule has 1 amide bonds. The number of fused-ring (bicyclic) bond motifs is 4. The summed E-state index contributed by atoms with van der Waals surface area (Å²) in [4.78, 5) is 12.5. The van der Waals surface area contributed by atoms with E-state index >= 15 is 0 Å². The molecule has 1 aromatic rings. The van der Waals surface area contributed by atoms with Gasteiger partial charge in [0, 0.05) is 11.5 Å². The molecule has 4 nitrogen and oxygen atoms in total. The van der Waals surface area contributed by atoms with Crippen molar-refractivity contribution in [2.45, 2.75) is 24.8 Å². The SMILES string of the molecule is O=C1NCNC12c1ccccc1OC1=CCCCC12. The van der Waals surface area contributed by atoms with Gasteiger partial charge in [-0.05, 0) is 31.4 Å². The first kappa shape index (κ1) is 11.1. The van der Waals surface area contributed by atoms with Gasteiger partial charge in [0.2, 0.25) is 5.91 Å². The van der Waals surface area contributed by atoms with E-state index in [1.807, 2.05) is 24.3 Å². The van der Waals surface area contributed by atoms with Crippen LogP contribution in [0.2, 0.25) is 0 Å². The third kappa shape index (κ3) is 1.35. The number of para-hydroxylation sites is 1. The van der Waals surface area contributed by atoms with Crippen LogP contribution in [0, 0.1) is 5.92 Å². The third-order valence-electron chi connectivity index (χ3n) is 4.42. The lowest BCUT2D eigenvalue weighted by Gasteiger charge is -2.43. The Bertz CT molecular complexity index is 581. The Morgan fingerprint density at radius 3 is 3.05 bits per heavy atom. The minimum atomic E-state index is -0.638. The molecule has 0 aromatic heterocycles. The molecule has 4 heteroatoms. The van der Waals surface area contributed by atoms with Crippen LogP contribution in [-0.2, 0) is 10.3 Å². The molecule has 1 aliphatic carbocycles. The standard InChI is InChI=1S/C15H16N2O2/c18-14-15(17-9-16-14)10-5-1-3-7-12(10)19-13-8-4-2-6-11(13)15/h1,3,5,7-8,11,17H,2,4,6,9H2,(H,16,18). The molecule has 0 radical (unpaired) electrons. The largest absolute Gasteiger partial charge is 0.461 e. The van der Waals surface area contributed by atoms with E-state index in [9.17, 15) is 4.79 Å². The minimum absolute atomic E-state index is 0.0704. The Morgan fingerprint density at radius 1 is 1.32 bits per heavy atom. The molecular weight excluding hydrogens is 240 g/mol. The predicted molar refractivity (Wildman–Crippen MR) is 70.3 cm³/mol. The van der Waals surface area contributed by atoms with E-state index < -0.39 is 5.54 Å². The van der Waals surface area contributed by atoms with Crippen LogP contribution in [0.3, 0.4) is 0 Å². The van der Waals surface area contributed by atoms with Crippen LogP contribution >= 0.6 is 0 Å². The number of ether oxygens (including phenoxy) is 1. The molecule has 2 atom stereocenters. The first-order valence-corrected chi connectivity index (χ1v) is 6.83. The Hall–Kier alpha value is -1.81. The number of hydrogen-bond acceptors (Lipinski definition) is 3. The van der Waals surface area contributed by atoms with Crippen molar-refractivity contribution in [2.75, 3.05) is 6.67 Å². The second-order valence-electron chi connectivity index (χ2n) is 5.36. The predicted octanol–water partition coefficient (Wildman–Crippen LogP) is 1.64. The van der Waals surface area contributed by atoms with Crippen molar-refractivity contribution in [3.63, 3.8) is 0 Å². The molecule has 1 saturated heterocycles. The molecule has 2 heterocycles. The van der Waals surface area contributed by atoms with Crippen molar-refractivity contribution in [1.82, 2.24) is 10.6 Å². The molecule has 1 aromatic carbocycles. The first-order chi connectivity index (χ1) is 9.32. The van der Waals surface area contributed by atoms with Gasteiger partial charge in [-0.3, -0.25) is 10.1 Å². The number of benzene rings is 1. The quantitative estimate of drug-likeness (QED) is 0.742. The number of hydrogen-bond donors (Lipinski definition) is 2. The fraction of sp³-hybridized carbons (Fsp3) is 0.400. The van der Waals surface area contributed by atoms with Crippen molar-refractivity contribution in [3.05, 3.63) is 41.7 Å². The highest BCUT2D eigenvalue weighted by atomic mass is 16.5. The van der Waals surface area contributed by atoms with Crippen molar-refractivity contribution < 1.29 is 9.53 Å². The number of amides is 1. The zero-order chi connectivity index (χ0) is 12.9. The van der Waals surface area contributed by atoms with Crippen LogP contribution in [0.1, 0.15) is 24.8 Å². The van der Waals surface area contributed by atoms with Gasteiger partial charge >= 0.3 is 0 Å². The number of nitrogens with one attached hydrogen (secondary N) is 2. The van der Waals surface area contributed by atoms with E-state index in [4.69, 9.17) is 4.74 Å². The molecule has 2 unspecified atom stereocenters. The van der Waals surface area contributed by atoms with Gasteiger partial charge in [0.15, 0.2) is 0 Å². The van der Waals surface area contributed by atoms with Gasteiger partial charge < -0.3 is 10.1 Å². The van der Waals surface area contributed by atoms with Crippen LogP contribution in [0.5, 0.6) is 5.75 Å². The van der Waals surface area contributed by atoms with Crippen LogP contribution < -0.4 is 15.4 Å². The van der Waals surface area contributed by atoms with Crippen molar-refractivity contribution in [3.8, 4) is 5.75 Å². The monoisotopic (exact) mass is 256 g/mol. The van der Waals surface area contributed by atoms with E-state index in [0.717, 1.165) is 36.3 Å². The second-order valence-corrected chi connectivity index (χ2v) is 5.36. The van der Waals surface area contributed by atoms with Crippen molar-refractivity contribution >= 4 is 5.91 Å². The van der Waals surface area contributed by atoms with Crippen LogP contribution in [0.15, 0.2) is 36.1 Å². The van der Waals surface area contributed by atoms with Gasteiger partial charge in [-0.2, -0.15) is 0 Å². The van der Waals surface area contributed by atoms with E-state index in [1.54, 1.807) is 0 Å². The van der Waals surface area contributed by atoms with E-state index in [2.05, 4.69) is 16.7 Å². The first-order valence-electron chi connectivity index (χ1n) is 6.83. The molecule has 19 heavy (non-hydrogen) atoms. The molecule has 3 aliphatic rings. The van der Waals surface area contributed by atoms with Gasteiger partial charge in [0.1, 0.15) is 17.0 Å². The Labute approximate surface area is 111 Å². The molecule has 98 valence electrons. The van der Waals surface area contributed by atoms with E-state index in [-0.39, 0.29) is 11.8 Å². The van der Waals surface area contributed by atoms with Crippen LogP contribution in [0.25, 0.3) is 0 Å². The maximum absolute atomic E-state index is 12.5. The lowest BCUT2D eigenvalue weighted by Crippen LogP contribution is -2.53. The van der Waals surface area contributed by atoms with Gasteiger partial charge in [-0.25, -0.2) is 0 Å². The van der Waals surface area contributed by atoms with Gasteiger partial charge in [-0.1, -0.05) is 18.2 Å². The molecule has 4 rings (SSSR count). The number of rotatable bonds is 0. The summed E-state index contributed by atoms with van der Waals surface area (Å²) in [6.07, 6.45) is 5.27. The molecule has 0 bridgehead atoms. The highest BCUT2D eigenvalue weighted by Crippen LogP contribution is 2.49. The topological polar surface area (TPSA) is 50.4 Å². The van der Waals surface area contributed by atoms with Gasteiger partial charge in [-0.15, -0.1) is 0 Å². The normalized spacial score (nSPS) is 32.1. The molecule has 1 fully saturated rings. The molecular formula is C15H16N2O2. The summed E-state index contributed by atoms with van der Waals surface area (Å²) in [5.74, 6) is 1.94. The highest BCUT2D eigenvalue weighted by Gasteiger charge is 2.55. The smallest absolute Gasteiger partial charge is 0.246 e. The summed E-state index contributed by atoms with van der Waals surface area (Å²) in [5.41, 5.74) is 0.329. The minimum Gasteiger partial charge on any atom is -0.461 e. The van der Waals surface area contributed by atoms with Crippen LogP contribution in [-0.4, -0.2) is 12.6 Å². The highest BCUT2D eigenvalue weighted by molar-refractivity contribution is 5.91. The van der Waals surface area contributed by atoms with Crippen molar-refractivity contribution in [2.24, 2.45) is 5.92 Å². The summed E-state index contributed by atoms with van der Waals surface area (Å²) in [7, 11) is 0.